The fourth-order valence-corrected chi connectivity index (χ4v) is 1.42. The lowest BCUT2D eigenvalue weighted by Crippen LogP contribution is -2.16. The molecule has 0 spiro atoms. The Morgan fingerprint density at radius 1 is 1.62 bits per heavy atom. The smallest absolute Gasteiger partial charge is 0.333 e. The Balaban J connectivity index is 3.36. The van der Waals surface area contributed by atoms with Gasteiger partial charge in [0.05, 0.1) is 6.61 Å². The normalized spacial score (nSPS) is 12.2. The number of hydrogen-bond acceptors (Lipinski definition) is 4. The molecule has 13 heavy (non-hydrogen) atoms. The molecule has 76 valence electrons. The van der Waals surface area contributed by atoms with Crippen molar-refractivity contribution in [2.75, 3.05) is 13.7 Å². The van der Waals surface area contributed by atoms with Gasteiger partial charge in [-0.3, -0.25) is 0 Å². The molecule has 0 radical (unpaired) electrons. The second-order valence-corrected chi connectivity index (χ2v) is 4.71. The quantitative estimate of drug-likeness (QED) is 0.294. The van der Waals surface area contributed by atoms with Gasteiger partial charge in [-0.15, -0.1) is 0 Å². The molecule has 0 saturated carbocycles. The summed E-state index contributed by atoms with van der Waals surface area (Å²) in [5, 5.41) is 0. The first-order valence-corrected chi connectivity index (χ1v) is 5.92. The lowest BCUT2D eigenvalue weighted by molar-refractivity contribution is -0.138. The largest absolute Gasteiger partial charge is 0.462 e. The van der Waals surface area contributed by atoms with Gasteiger partial charge in [0.15, 0.2) is 0 Å². The molecular formula is C8H16O4Si. The van der Waals surface area contributed by atoms with Gasteiger partial charge in [-0.05, 0) is 19.4 Å². The zero-order valence-electron chi connectivity index (χ0n) is 8.08. The van der Waals surface area contributed by atoms with Crippen LogP contribution in [0.25, 0.3) is 0 Å². The maximum Gasteiger partial charge on any atom is 0.333 e. The summed E-state index contributed by atoms with van der Waals surface area (Å²) in [7, 11) is -0.500. The third-order valence-corrected chi connectivity index (χ3v) is 2.90. The van der Waals surface area contributed by atoms with Crippen LogP contribution in [0.5, 0.6) is 0 Å². The Bertz CT molecular complexity index is 181. The van der Waals surface area contributed by atoms with Crippen molar-refractivity contribution in [1.29, 1.82) is 0 Å². The molecule has 0 bridgehead atoms. The van der Waals surface area contributed by atoms with Gasteiger partial charge in [-0.2, -0.15) is 0 Å². The lowest BCUT2D eigenvalue weighted by Gasteiger charge is -2.06. The minimum atomic E-state index is -1.98. The van der Waals surface area contributed by atoms with E-state index in [1.54, 1.807) is 6.92 Å². The third kappa shape index (κ3) is 6.50. The van der Waals surface area contributed by atoms with Gasteiger partial charge in [-0.1, -0.05) is 6.58 Å². The molecule has 0 amide bonds. The summed E-state index contributed by atoms with van der Waals surface area (Å²) in [6, 6.07) is 0.597. The summed E-state index contributed by atoms with van der Waals surface area (Å²) in [6.07, 6.45) is 0.639. The second-order valence-electron chi connectivity index (χ2n) is 2.75. The number of ether oxygens (including phenoxy) is 1. The maximum atomic E-state index is 10.9. The first-order valence-electron chi connectivity index (χ1n) is 4.11. The summed E-state index contributed by atoms with van der Waals surface area (Å²) < 4.78 is 9.56. The Labute approximate surface area is 80.0 Å². The molecule has 0 aliphatic carbocycles. The summed E-state index contributed by atoms with van der Waals surface area (Å²) >= 11 is 0. The zero-order chi connectivity index (χ0) is 10.3. The van der Waals surface area contributed by atoms with Gasteiger partial charge >= 0.3 is 15.3 Å². The first-order chi connectivity index (χ1) is 6.07. The highest BCUT2D eigenvalue weighted by atomic mass is 28.3. The van der Waals surface area contributed by atoms with Crippen molar-refractivity contribution in [3.8, 4) is 0 Å². The number of rotatable bonds is 6. The predicted molar refractivity (Wildman–Crippen MR) is 51.6 cm³/mol. The zero-order valence-corrected chi connectivity index (χ0v) is 9.23. The molecule has 0 heterocycles. The molecule has 0 aromatic carbocycles. The van der Waals surface area contributed by atoms with Crippen LogP contribution < -0.4 is 0 Å². The Hall–Kier alpha value is -0.653. The van der Waals surface area contributed by atoms with Crippen molar-refractivity contribution in [3.05, 3.63) is 12.2 Å². The first kappa shape index (κ1) is 12.3. The van der Waals surface area contributed by atoms with Crippen LogP contribution in [0.4, 0.5) is 0 Å². The van der Waals surface area contributed by atoms with Crippen LogP contribution in [-0.2, 0) is 14.0 Å². The van der Waals surface area contributed by atoms with Crippen molar-refractivity contribution in [2.24, 2.45) is 0 Å². The van der Waals surface area contributed by atoms with Crippen LogP contribution in [0.1, 0.15) is 13.3 Å². The highest BCUT2D eigenvalue weighted by Crippen LogP contribution is 1.98. The molecule has 0 aliphatic rings. The van der Waals surface area contributed by atoms with Crippen molar-refractivity contribution >= 4 is 15.3 Å². The van der Waals surface area contributed by atoms with Crippen molar-refractivity contribution in [2.45, 2.75) is 19.4 Å². The van der Waals surface area contributed by atoms with E-state index in [0.717, 1.165) is 0 Å². The predicted octanol–water partition coefficient (Wildman–Crippen LogP) is 0.355. The molecule has 0 saturated heterocycles. The van der Waals surface area contributed by atoms with Gasteiger partial charge < -0.3 is 14.0 Å². The number of carbonyl (C=O) groups is 1. The fourth-order valence-electron chi connectivity index (χ4n) is 0.664. The highest BCUT2D eigenvalue weighted by Gasteiger charge is 2.06. The van der Waals surface area contributed by atoms with E-state index in [1.807, 2.05) is 0 Å². The molecule has 0 fully saturated rings. The summed E-state index contributed by atoms with van der Waals surface area (Å²) in [5.41, 5.74) is 0.393. The second kappa shape index (κ2) is 6.82. The van der Waals surface area contributed by atoms with Crippen LogP contribution in [0, 0.1) is 0 Å². The van der Waals surface area contributed by atoms with Gasteiger partial charge in [-0.25, -0.2) is 4.79 Å². The average Bonchev–Trinajstić information content (AvgIpc) is 2.11. The molecule has 0 rings (SSSR count). The number of esters is 1. The Morgan fingerprint density at radius 3 is 2.69 bits per heavy atom. The van der Waals surface area contributed by atoms with Crippen molar-refractivity contribution in [1.82, 2.24) is 0 Å². The van der Waals surface area contributed by atoms with Crippen molar-refractivity contribution < 1.29 is 18.8 Å². The van der Waals surface area contributed by atoms with Gasteiger partial charge in [0.25, 0.3) is 0 Å². The van der Waals surface area contributed by atoms with Crippen molar-refractivity contribution in [3.63, 3.8) is 0 Å². The maximum absolute atomic E-state index is 10.9. The number of hydrogen-bond donors (Lipinski definition) is 1. The molecule has 0 aliphatic heterocycles. The van der Waals surface area contributed by atoms with E-state index in [1.165, 1.54) is 7.11 Å². The topological polar surface area (TPSA) is 55.8 Å². The molecule has 1 unspecified atom stereocenters. The average molecular weight is 204 g/mol. The van der Waals surface area contributed by atoms with Crippen LogP contribution in [-0.4, -0.2) is 33.8 Å². The third-order valence-electron chi connectivity index (χ3n) is 1.45. The minimum Gasteiger partial charge on any atom is -0.462 e. The van der Waals surface area contributed by atoms with E-state index in [2.05, 4.69) is 6.58 Å². The van der Waals surface area contributed by atoms with E-state index >= 15 is 0 Å². The van der Waals surface area contributed by atoms with Crippen LogP contribution in [0.15, 0.2) is 12.2 Å². The van der Waals surface area contributed by atoms with Crippen LogP contribution >= 0.6 is 0 Å². The standard InChI is InChI=1S/C8H16O4Si/c1-7(2)8(9)12-5-4-6-13(10)11-3/h10,13H,1,4-6H2,2-3H3. The van der Waals surface area contributed by atoms with E-state index in [-0.39, 0.29) is 5.97 Å². The summed E-state index contributed by atoms with van der Waals surface area (Å²) in [4.78, 5) is 19.9. The fraction of sp³-hybridized carbons (Fsp3) is 0.625. The molecule has 0 aromatic heterocycles. The molecule has 1 atom stereocenters. The van der Waals surface area contributed by atoms with E-state index in [9.17, 15) is 4.79 Å². The Kier molecular flexibility index (Phi) is 6.48. The SMILES string of the molecule is C=C(C)C(=O)OCCC[SiH](O)OC. The Morgan fingerprint density at radius 2 is 2.23 bits per heavy atom. The lowest BCUT2D eigenvalue weighted by atomic mass is 10.4. The van der Waals surface area contributed by atoms with Gasteiger partial charge in [0, 0.05) is 12.7 Å². The molecule has 5 heteroatoms. The molecule has 0 aromatic rings. The van der Waals surface area contributed by atoms with Gasteiger partial charge in [0.1, 0.15) is 0 Å². The monoisotopic (exact) mass is 204 g/mol. The van der Waals surface area contributed by atoms with E-state index in [4.69, 9.17) is 14.0 Å². The molecule has 1 N–H and O–H groups in total. The summed E-state index contributed by atoms with van der Waals surface area (Å²) in [6.45, 7) is 5.36. The highest BCUT2D eigenvalue weighted by molar-refractivity contribution is 6.42. The van der Waals surface area contributed by atoms with Crippen LogP contribution in [0.2, 0.25) is 6.04 Å². The van der Waals surface area contributed by atoms with E-state index in [0.29, 0.717) is 24.6 Å². The molecular weight excluding hydrogens is 188 g/mol. The molecule has 4 nitrogen and oxygen atoms in total. The van der Waals surface area contributed by atoms with Gasteiger partial charge in [0.2, 0.25) is 0 Å². The minimum absolute atomic E-state index is 0.319. The summed E-state index contributed by atoms with van der Waals surface area (Å²) in [5.74, 6) is -0.381. The number of carbonyl (C=O) groups excluding carboxylic acids is 1. The van der Waals surface area contributed by atoms with Crippen LogP contribution in [0.3, 0.4) is 0 Å². The van der Waals surface area contributed by atoms with E-state index < -0.39 is 9.28 Å².